The molecule has 3 aromatic rings. The minimum atomic E-state index is -2.70. The Labute approximate surface area is 247 Å². The summed E-state index contributed by atoms with van der Waals surface area (Å²) >= 11 is 6.62. The van der Waals surface area contributed by atoms with Crippen LogP contribution in [0.25, 0.3) is 0 Å². The van der Waals surface area contributed by atoms with Gasteiger partial charge in [-0.3, -0.25) is 24.2 Å². The van der Waals surface area contributed by atoms with Crippen molar-refractivity contribution in [2.45, 2.75) is 63.5 Å². The second-order valence-corrected chi connectivity index (χ2v) is 11.3. The van der Waals surface area contributed by atoms with Crippen molar-refractivity contribution in [3.05, 3.63) is 88.6 Å². The maximum absolute atomic E-state index is 14.6. The molecule has 1 saturated heterocycles. The van der Waals surface area contributed by atoms with Crippen molar-refractivity contribution in [3.8, 4) is 6.07 Å². The lowest BCUT2D eigenvalue weighted by atomic mass is 9.77. The van der Waals surface area contributed by atoms with E-state index in [-0.39, 0.29) is 72.5 Å². The van der Waals surface area contributed by atoms with Crippen LogP contribution < -0.4 is 9.80 Å². The number of nitrogens with zero attached hydrogens (tertiary/aromatic N) is 4. The van der Waals surface area contributed by atoms with Crippen molar-refractivity contribution >= 4 is 40.7 Å². The normalized spacial score (nSPS) is 18.7. The summed E-state index contributed by atoms with van der Waals surface area (Å²) < 4.78 is 27.0. The molecule has 2 heterocycles. The number of nitriles is 1. The molecule has 1 unspecified atom stereocenters. The van der Waals surface area contributed by atoms with Crippen LogP contribution >= 0.6 is 11.6 Å². The van der Waals surface area contributed by atoms with Crippen LogP contribution in [0.4, 0.5) is 20.3 Å². The third kappa shape index (κ3) is 6.04. The highest BCUT2D eigenvalue weighted by atomic mass is 35.5. The Balaban J connectivity index is 1.57. The van der Waals surface area contributed by atoms with Gasteiger partial charge in [0.25, 0.3) is 5.91 Å². The van der Waals surface area contributed by atoms with Gasteiger partial charge in [-0.05, 0) is 61.6 Å². The van der Waals surface area contributed by atoms with Gasteiger partial charge in [-0.15, -0.1) is 0 Å². The fourth-order valence-electron chi connectivity index (χ4n) is 5.79. The molecule has 10 heteroatoms. The summed E-state index contributed by atoms with van der Waals surface area (Å²) in [6.07, 6.45) is 1.39. The van der Waals surface area contributed by atoms with Crippen LogP contribution in [-0.2, 0) is 14.4 Å². The lowest BCUT2D eigenvalue weighted by Crippen LogP contribution is -2.50. The molecule has 1 aliphatic carbocycles. The summed E-state index contributed by atoms with van der Waals surface area (Å²) in [6, 6.07) is 16.7. The van der Waals surface area contributed by atoms with E-state index < -0.39 is 23.9 Å². The summed E-state index contributed by atoms with van der Waals surface area (Å²) in [6.45, 7) is 1.86. The Morgan fingerprint density at radius 3 is 2.62 bits per heavy atom. The van der Waals surface area contributed by atoms with E-state index in [2.05, 4.69) is 4.98 Å². The van der Waals surface area contributed by atoms with Crippen LogP contribution in [-0.4, -0.2) is 34.5 Å². The molecule has 216 valence electrons. The molecular formula is C32H29ClF2N4O3. The number of anilines is 2. The van der Waals surface area contributed by atoms with E-state index in [1.165, 1.54) is 28.1 Å². The van der Waals surface area contributed by atoms with Gasteiger partial charge >= 0.3 is 0 Å². The topological polar surface area (TPSA) is 94.4 Å². The Morgan fingerprint density at radius 1 is 1.17 bits per heavy atom. The molecule has 1 aliphatic heterocycles. The van der Waals surface area contributed by atoms with E-state index in [9.17, 15) is 28.4 Å². The summed E-state index contributed by atoms with van der Waals surface area (Å²) in [7, 11) is 0. The third-order valence-corrected chi connectivity index (χ3v) is 8.22. The lowest BCUT2D eigenvalue weighted by molar-refractivity contribution is -0.129. The zero-order valence-corrected chi connectivity index (χ0v) is 23.7. The molecule has 0 radical (unpaired) electrons. The van der Waals surface area contributed by atoms with Crippen LogP contribution in [0.3, 0.4) is 0 Å². The van der Waals surface area contributed by atoms with Crippen molar-refractivity contribution in [1.29, 1.82) is 5.26 Å². The van der Waals surface area contributed by atoms with Crippen LogP contribution in [0.15, 0.2) is 66.9 Å². The average molecular weight is 591 g/mol. The predicted molar refractivity (Wildman–Crippen MR) is 154 cm³/mol. The van der Waals surface area contributed by atoms with Gasteiger partial charge in [-0.25, -0.2) is 13.8 Å². The predicted octanol–water partition coefficient (Wildman–Crippen LogP) is 6.58. The Hall–Kier alpha value is -4.16. The lowest BCUT2D eigenvalue weighted by Gasteiger charge is -2.37. The van der Waals surface area contributed by atoms with E-state index in [4.69, 9.17) is 11.6 Å². The number of rotatable bonds is 9. The molecule has 2 aromatic carbocycles. The van der Waals surface area contributed by atoms with Crippen molar-refractivity contribution in [3.63, 3.8) is 0 Å². The second-order valence-electron chi connectivity index (χ2n) is 10.9. The molecule has 1 aromatic heterocycles. The summed E-state index contributed by atoms with van der Waals surface area (Å²) in [5.41, 5.74) is 1.96. The first kappa shape index (κ1) is 29.3. The number of aromatic nitrogens is 1. The molecule has 0 bridgehead atoms. The van der Waals surface area contributed by atoms with Gasteiger partial charge in [-0.1, -0.05) is 41.9 Å². The summed E-state index contributed by atoms with van der Waals surface area (Å²) in [5.74, 6) is -3.98. The number of carbonyl (C=O) groups is 3. The zero-order valence-electron chi connectivity index (χ0n) is 23.0. The Kier molecular flexibility index (Phi) is 8.37. The molecule has 7 nitrogen and oxygen atoms in total. The van der Waals surface area contributed by atoms with Gasteiger partial charge in [0.2, 0.25) is 11.8 Å². The van der Waals surface area contributed by atoms with Gasteiger partial charge in [0.05, 0.1) is 11.6 Å². The van der Waals surface area contributed by atoms with Crippen molar-refractivity contribution < 1.29 is 23.2 Å². The smallest absolute Gasteiger partial charge is 0.251 e. The van der Waals surface area contributed by atoms with E-state index in [1.807, 2.05) is 19.1 Å². The maximum Gasteiger partial charge on any atom is 0.251 e. The van der Waals surface area contributed by atoms with Gasteiger partial charge in [-0.2, -0.15) is 5.26 Å². The van der Waals surface area contributed by atoms with E-state index in [0.717, 1.165) is 5.56 Å². The zero-order chi connectivity index (χ0) is 30.0. The number of hydrogen-bond acceptors (Lipinski definition) is 5. The number of aryl methyl sites for hydroxylation is 1. The Morgan fingerprint density at radius 2 is 1.93 bits per heavy atom. The fourth-order valence-corrected chi connectivity index (χ4v) is 6.03. The van der Waals surface area contributed by atoms with Gasteiger partial charge in [0.1, 0.15) is 17.9 Å². The molecule has 2 amide bonds. The fraction of sp³-hybridized carbons (Fsp3) is 0.344. The van der Waals surface area contributed by atoms with Crippen molar-refractivity contribution in [1.82, 2.24) is 4.98 Å². The highest BCUT2D eigenvalue weighted by molar-refractivity contribution is 6.31. The van der Waals surface area contributed by atoms with Crippen LogP contribution in [0, 0.1) is 24.2 Å². The van der Waals surface area contributed by atoms with Gasteiger partial charge in [0, 0.05) is 48.2 Å². The molecule has 5 rings (SSSR count). The van der Waals surface area contributed by atoms with Crippen LogP contribution in [0.5, 0.6) is 0 Å². The van der Waals surface area contributed by atoms with E-state index in [1.54, 1.807) is 42.5 Å². The quantitative estimate of drug-likeness (QED) is 0.281. The van der Waals surface area contributed by atoms with Gasteiger partial charge < -0.3 is 0 Å². The number of benzene rings is 2. The van der Waals surface area contributed by atoms with Crippen molar-refractivity contribution in [2.24, 2.45) is 5.92 Å². The number of Topliss-reactive ketones (excluding diaryl/α,β-unsaturated/α-hetero) is 1. The molecule has 2 fully saturated rings. The number of carbonyl (C=O) groups excluding carboxylic acids is 3. The first-order valence-electron chi connectivity index (χ1n) is 13.8. The number of pyridine rings is 1. The van der Waals surface area contributed by atoms with E-state index >= 15 is 0 Å². The average Bonchev–Trinajstić information content (AvgIpc) is 3.35. The first-order chi connectivity index (χ1) is 20.1. The van der Waals surface area contributed by atoms with Crippen molar-refractivity contribution in [2.75, 3.05) is 9.80 Å². The monoisotopic (exact) mass is 590 g/mol. The molecule has 0 spiro atoms. The molecule has 1 saturated carbocycles. The number of ketones is 1. The van der Waals surface area contributed by atoms with Crippen LogP contribution in [0.1, 0.15) is 61.3 Å². The third-order valence-electron chi connectivity index (χ3n) is 7.87. The number of alkyl halides is 2. The maximum atomic E-state index is 14.6. The molecule has 42 heavy (non-hydrogen) atoms. The number of hydrogen-bond donors (Lipinski definition) is 0. The number of amides is 2. The molecule has 2 aliphatic rings. The largest absolute Gasteiger partial charge is 0.297 e. The minimum absolute atomic E-state index is 0.0225. The summed E-state index contributed by atoms with van der Waals surface area (Å²) in [4.78, 5) is 48.7. The SMILES string of the molecule is Cc1cccc(N(C(=O)[C@@H]2CCC(=O)N2c2cc(C#N)ccn2)C(C(=O)CCC2CC(F)(F)C2)c2ccccc2Cl)c1. The first-order valence-corrected chi connectivity index (χ1v) is 14.2. The molecule has 2 atom stereocenters. The Bertz CT molecular complexity index is 1570. The van der Waals surface area contributed by atoms with Crippen LogP contribution in [0.2, 0.25) is 5.02 Å². The van der Waals surface area contributed by atoms with Gasteiger partial charge in [0.15, 0.2) is 5.78 Å². The second kappa shape index (κ2) is 12.0. The standard InChI is InChI=1S/C32H29ClF2N4O3/c1-20-5-4-6-23(15-20)38(31(42)26-10-12-29(41)39(26)28-16-21(19-36)13-14-37-28)30(24-7-2-3-8-25(24)33)27(40)11-9-22-17-32(34,35)18-22/h2-8,13-16,22,26,30H,9-12,17-18H2,1H3/t26-,30?/m0/s1. The highest BCUT2D eigenvalue weighted by Gasteiger charge is 2.46. The highest BCUT2D eigenvalue weighted by Crippen LogP contribution is 2.45. The number of halogens is 3. The molecule has 0 N–H and O–H groups in total. The minimum Gasteiger partial charge on any atom is -0.297 e. The molecular weight excluding hydrogens is 562 g/mol. The summed E-state index contributed by atoms with van der Waals surface area (Å²) in [5, 5.41) is 9.66. The van der Waals surface area contributed by atoms with E-state index in [0.29, 0.717) is 11.3 Å².